The molecule has 2 aromatic carbocycles. The zero-order valence-corrected chi connectivity index (χ0v) is 14.3. The molecule has 0 bridgehead atoms. The summed E-state index contributed by atoms with van der Waals surface area (Å²) >= 11 is 0. The zero-order valence-electron chi connectivity index (χ0n) is 14.3. The summed E-state index contributed by atoms with van der Waals surface area (Å²) in [6.45, 7) is 0.347. The quantitative estimate of drug-likeness (QED) is 0.566. The van der Waals surface area contributed by atoms with Crippen LogP contribution >= 0.6 is 0 Å². The number of halogens is 3. The summed E-state index contributed by atoms with van der Waals surface area (Å²) in [6.07, 6.45) is -1.43. The molecule has 0 aliphatic heterocycles. The van der Waals surface area contributed by atoms with Gasteiger partial charge in [0.2, 0.25) is 0 Å². The predicted octanol–water partition coefficient (Wildman–Crippen LogP) is 4.34. The lowest BCUT2D eigenvalue weighted by molar-refractivity contribution is -0.137. The second-order valence-corrected chi connectivity index (χ2v) is 6.13. The Balaban J connectivity index is 1.63. The summed E-state index contributed by atoms with van der Waals surface area (Å²) in [5.74, 6) is -0.473. The van der Waals surface area contributed by atoms with Crippen molar-refractivity contribution >= 4 is 22.5 Å². The number of para-hydroxylation sites is 1. The number of nitrogens with one attached hydrogen (secondary N) is 1. The molecule has 2 heterocycles. The van der Waals surface area contributed by atoms with Crippen LogP contribution in [0.25, 0.3) is 10.9 Å². The summed E-state index contributed by atoms with van der Waals surface area (Å²) in [7, 11) is 0. The van der Waals surface area contributed by atoms with Crippen molar-refractivity contribution in [3.8, 4) is 0 Å². The van der Waals surface area contributed by atoms with Gasteiger partial charge < -0.3 is 9.88 Å². The Morgan fingerprint density at radius 1 is 1.11 bits per heavy atom. The topological polar surface area (TPSA) is 73.0 Å². The Morgan fingerprint density at radius 2 is 1.86 bits per heavy atom. The van der Waals surface area contributed by atoms with Gasteiger partial charge in [-0.25, -0.2) is 4.63 Å². The van der Waals surface area contributed by atoms with E-state index < -0.39 is 17.6 Å². The monoisotopic (exact) mass is 386 g/mol. The van der Waals surface area contributed by atoms with Crippen LogP contribution in [0.4, 0.5) is 18.9 Å². The molecule has 0 saturated heterocycles. The first kappa shape index (κ1) is 17.8. The van der Waals surface area contributed by atoms with Crippen LogP contribution in [0.3, 0.4) is 0 Å². The highest BCUT2D eigenvalue weighted by atomic mass is 19.4. The van der Waals surface area contributed by atoms with E-state index in [1.54, 1.807) is 6.20 Å². The molecule has 28 heavy (non-hydrogen) atoms. The number of hydrogen-bond donors (Lipinski definition) is 1. The van der Waals surface area contributed by atoms with Crippen molar-refractivity contribution in [2.75, 3.05) is 5.32 Å². The molecule has 0 aliphatic rings. The van der Waals surface area contributed by atoms with Gasteiger partial charge in [0.05, 0.1) is 16.8 Å². The summed E-state index contributed by atoms with van der Waals surface area (Å²) in [5.41, 5.74) is 1.43. The Kier molecular flexibility index (Phi) is 4.34. The average molecular weight is 386 g/mol. The van der Waals surface area contributed by atoms with Gasteiger partial charge >= 0.3 is 6.18 Å². The van der Waals surface area contributed by atoms with Gasteiger partial charge in [-0.1, -0.05) is 35.5 Å². The maximum atomic E-state index is 12.7. The third kappa shape index (κ3) is 3.46. The number of amides is 1. The van der Waals surface area contributed by atoms with Crippen molar-refractivity contribution in [1.82, 2.24) is 14.9 Å². The van der Waals surface area contributed by atoms with Crippen LogP contribution in [0.5, 0.6) is 0 Å². The molecule has 6 nitrogen and oxygen atoms in total. The molecular weight excluding hydrogens is 373 g/mol. The van der Waals surface area contributed by atoms with Crippen LogP contribution < -0.4 is 5.32 Å². The Labute approximate surface area is 156 Å². The minimum Gasteiger partial charge on any atom is -0.341 e. The van der Waals surface area contributed by atoms with Gasteiger partial charge in [-0.3, -0.25) is 4.79 Å². The van der Waals surface area contributed by atoms with Crippen LogP contribution in [0.1, 0.15) is 21.6 Å². The van der Waals surface area contributed by atoms with Crippen LogP contribution in [-0.2, 0) is 12.7 Å². The molecular formula is C19H13F3N4O2. The predicted molar refractivity (Wildman–Crippen MR) is 94.7 cm³/mol. The minimum absolute atomic E-state index is 0.0413. The lowest BCUT2D eigenvalue weighted by Gasteiger charge is -2.09. The standard InChI is InChI=1S/C19H13F3N4O2/c20-19(21,22)13-7-5-12(6-8-13)10-26-11-16(14-3-1-2-4-17(14)26)24-18(27)15-9-23-28-25-15/h1-9,11H,10H2,(H,24,27). The minimum atomic E-state index is -4.37. The van der Waals surface area contributed by atoms with Crippen LogP contribution in [0.2, 0.25) is 0 Å². The summed E-state index contributed by atoms with van der Waals surface area (Å²) in [5, 5.41) is 10.4. The fourth-order valence-electron chi connectivity index (χ4n) is 2.92. The van der Waals surface area contributed by atoms with E-state index in [2.05, 4.69) is 20.3 Å². The molecule has 0 radical (unpaired) electrons. The molecule has 0 saturated carbocycles. The maximum Gasteiger partial charge on any atom is 0.416 e. The number of aromatic nitrogens is 3. The zero-order chi connectivity index (χ0) is 19.7. The largest absolute Gasteiger partial charge is 0.416 e. The molecule has 2 aromatic heterocycles. The smallest absolute Gasteiger partial charge is 0.341 e. The van der Waals surface area contributed by atoms with E-state index in [-0.39, 0.29) is 5.69 Å². The second kappa shape index (κ2) is 6.84. The molecule has 0 aliphatic carbocycles. The molecule has 0 atom stereocenters. The van der Waals surface area contributed by atoms with Crippen molar-refractivity contribution in [3.05, 3.63) is 77.7 Å². The summed E-state index contributed by atoms with van der Waals surface area (Å²) in [6, 6.07) is 12.4. The third-order valence-corrected chi connectivity index (χ3v) is 4.26. The van der Waals surface area contributed by atoms with E-state index in [0.717, 1.165) is 23.0 Å². The lowest BCUT2D eigenvalue weighted by Crippen LogP contribution is -2.12. The average Bonchev–Trinajstić information content (AvgIpc) is 3.31. The van der Waals surface area contributed by atoms with E-state index in [4.69, 9.17) is 0 Å². The molecule has 4 aromatic rings. The number of anilines is 1. The normalized spacial score (nSPS) is 11.7. The van der Waals surface area contributed by atoms with E-state index in [0.29, 0.717) is 17.8 Å². The lowest BCUT2D eigenvalue weighted by atomic mass is 10.1. The summed E-state index contributed by atoms with van der Waals surface area (Å²) < 4.78 is 44.5. The van der Waals surface area contributed by atoms with Crippen LogP contribution in [0, 0.1) is 0 Å². The molecule has 1 N–H and O–H groups in total. The number of carbonyl (C=O) groups excluding carboxylic acids is 1. The van der Waals surface area contributed by atoms with Crippen molar-refractivity contribution in [3.63, 3.8) is 0 Å². The molecule has 9 heteroatoms. The molecule has 0 spiro atoms. The van der Waals surface area contributed by atoms with Gasteiger partial charge in [-0.15, -0.1) is 0 Å². The number of nitrogens with zero attached hydrogens (tertiary/aromatic N) is 3. The Bertz CT molecular complexity index is 1120. The number of fused-ring (bicyclic) bond motifs is 1. The van der Waals surface area contributed by atoms with E-state index in [1.165, 1.54) is 18.3 Å². The van der Waals surface area contributed by atoms with Gasteiger partial charge in [0.1, 0.15) is 6.20 Å². The van der Waals surface area contributed by atoms with Crippen LogP contribution in [0.15, 0.2) is 65.6 Å². The first-order valence-electron chi connectivity index (χ1n) is 8.25. The number of benzene rings is 2. The number of carbonyl (C=O) groups is 1. The fourth-order valence-corrected chi connectivity index (χ4v) is 2.92. The number of rotatable bonds is 4. The SMILES string of the molecule is O=C(Nc1cn(Cc2ccc(C(F)(F)F)cc2)c2ccccc12)c1cnon1. The van der Waals surface area contributed by atoms with E-state index in [1.807, 2.05) is 28.8 Å². The first-order chi connectivity index (χ1) is 13.4. The number of alkyl halides is 3. The fraction of sp³-hybridized carbons (Fsp3) is 0.105. The highest BCUT2D eigenvalue weighted by molar-refractivity contribution is 6.08. The van der Waals surface area contributed by atoms with E-state index >= 15 is 0 Å². The van der Waals surface area contributed by atoms with Crippen molar-refractivity contribution in [2.24, 2.45) is 0 Å². The first-order valence-corrected chi connectivity index (χ1v) is 8.25. The highest BCUT2D eigenvalue weighted by Crippen LogP contribution is 2.30. The van der Waals surface area contributed by atoms with E-state index in [9.17, 15) is 18.0 Å². The molecule has 1 amide bonds. The van der Waals surface area contributed by atoms with Crippen molar-refractivity contribution in [1.29, 1.82) is 0 Å². The molecule has 0 fully saturated rings. The Hall–Kier alpha value is -3.62. The molecule has 0 unspecified atom stereocenters. The van der Waals surface area contributed by atoms with Gasteiger partial charge in [0.15, 0.2) is 5.69 Å². The van der Waals surface area contributed by atoms with Gasteiger partial charge in [0, 0.05) is 18.1 Å². The third-order valence-electron chi connectivity index (χ3n) is 4.26. The highest BCUT2D eigenvalue weighted by Gasteiger charge is 2.29. The molecule has 4 rings (SSSR count). The van der Waals surface area contributed by atoms with Gasteiger partial charge in [-0.05, 0) is 28.9 Å². The Morgan fingerprint density at radius 3 is 2.54 bits per heavy atom. The summed E-state index contributed by atoms with van der Waals surface area (Å²) in [4.78, 5) is 12.2. The second-order valence-electron chi connectivity index (χ2n) is 6.13. The van der Waals surface area contributed by atoms with Crippen molar-refractivity contribution in [2.45, 2.75) is 12.7 Å². The van der Waals surface area contributed by atoms with Gasteiger partial charge in [0.25, 0.3) is 5.91 Å². The van der Waals surface area contributed by atoms with Crippen LogP contribution in [-0.4, -0.2) is 20.8 Å². The molecule has 142 valence electrons. The van der Waals surface area contributed by atoms with Crippen molar-refractivity contribution < 1.29 is 22.6 Å². The van der Waals surface area contributed by atoms with Gasteiger partial charge in [-0.2, -0.15) is 13.2 Å². The maximum absolute atomic E-state index is 12.7. The number of hydrogen-bond acceptors (Lipinski definition) is 4.